The minimum atomic E-state index is -1.33. The molecule has 1 heterocycles. The molecule has 5 N–H and O–H groups in total. The molecule has 0 bridgehead atoms. The number of aliphatic hydroxyl groups is 3. The molecule has 4 aliphatic carbocycles. The molecule has 61 heavy (non-hydrogen) atoms. The molecule has 3 saturated carbocycles. The number of nitrogens with one attached hydrogen (secondary N) is 2. The van der Waals surface area contributed by atoms with Gasteiger partial charge < -0.3 is 54.4 Å². The van der Waals surface area contributed by atoms with Gasteiger partial charge in [-0.1, -0.05) is 65.5 Å². The van der Waals surface area contributed by atoms with Gasteiger partial charge in [0.1, 0.15) is 24.4 Å². The van der Waals surface area contributed by atoms with Gasteiger partial charge in [0.05, 0.1) is 39.1 Å². The number of aliphatic hydroxyl groups excluding tert-OH is 3. The molecule has 13 nitrogen and oxygen atoms in total. The Morgan fingerprint density at radius 2 is 1.52 bits per heavy atom. The van der Waals surface area contributed by atoms with Crippen molar-refractivity contribution in [2.45, 2.75) is 175 Å². The Bertz CT molecular complexity index is 1370. The molecule has 0 aromatic rings. The fourth-order valence-electron chi connectivity index (χ4n) is 11.9. The van der Waals surface area contributed by atoms with Gasteiger partial charge in [-0.15, -0.1) is 0 Å². The van der Waals surface area contributed by atoms with Crippen LogP contribution in [0, 0.1) is 46.3 Å². The molecule has 1 saturated heterocycles. The SMILES string of the molecule is CC(C)CCCC(C)C1CCC2C3CC=C4CC(OC(=O)NCCCOCCOCCOCCNC(=O)CCCCOC5OC(C)C(O)C(O)C5O)CCC4(C)C3CCC12C. The second kappa shape index (κ2) is 24.4. The Labute approximate surface area is 367 Å². The largest absolute Gasteiger partial charge is 0.446 e. The van der Waals surface area contributed by atoms with E-state index in [4.69, 9.17) is 28.4 Å². The van der Waals surface area contributed by atoms with Crippen molar-refractivity contribution in [2.75, 3.05) is 59.3 Å². The Balaban J connectivity index is 0.829. The Morgan fingerprint density at radius 1 is 0.787 bits per heavy atom. The molecule has 0 spiro atoms. The van der Waals surface area contributed by atoms with Gasteiger partial charge in [0.25, 0.3) is 0 Å². The number of hydrogen-bond donors (Lipinski definition) is 5. The van der Waals surface area contributed by atoms with Crippen molar-refractivity contribution in [3.8, 4) is 0 Å². The number of alkyl carbamates (subject to hydrolysis) is 1. The van der Waals surface area contributed by atoms with Crippen LogP contribution < -0.4 is 10.6 Å². The molecule has 13 unspecified atom stereocenters. The molecule has 0 aromatic carbocycles. The molecule has 2 amide bonds. The lowest BCUT2D eigenvalue weighted by Gasteiger charge is -2.58. The second-order valence-electron chi connectivity index (χ2n) is 20.0. The monoisotopic (exact) mass is 865 g/mol. The van der Waals surface area contributed by atoms with Gasteiger partial charge in [-0.3, -0.25) is 4.79 Å². The van der Waals surface area contributed by atoms with Crippen LogP contribution in [0.4, 0.5) is 4.79 Å². The predicted molar refractivity (Wildman–Crippen MR) is 234 cm³/mol. The van der Waals surface area contributed by atoms with Crippen molar-refractivity contribution in [3.05, 3.63) is 11.6 Å². The van der Waals surface area contributed by atoms with Crippen molar-refractivity contribution < 1.29 is 53.3 Å². The number of fused-ring (bicyclic) bond motifs is 5. The molecule has 5 rings (SSSR count). The van der Waals surface area contributed by atoms with Crippen LogP contribution in [0.5, 0.6) is 0 Å². The standard InChI is InChI=1S/C48H84N2O11/c1-32(2)11-9-12-33(3)38-16-17-39-37-15-14-35-31-36(18-20-47(35,5)40(37)19-21-48(38,39)6)61-46(55)50-22-10-24-56-27-29-58-30-28-57-26-23-49-41(51)13-7-8-25-59-45-44(54)43(53)42(52)34(4)60-45/h14,32-34,36-40,42-45,52-54H,7-13,15-31H2,1-6H3,(H,49,51)(H,50,55). The molecule has 4 fully saturated rings. The third-order valence-corrected chi connectivity index (χ3v) is 15.5. The number of rotatable bonds is 25. The molecule has 0 aromatic heterocycles. The van der Waals surface area contributed by atoms with Crippen molar-refractivity contribution in [1.29, 1.82) is 0 Å². The highest BCUT2D eigenvalue weighted by molar-refractivity contribution is 5.75. The van der Waals surface area contributed by atoms with Gasteiger partial charge in [0.15, 0.2) is 6.29 Å². The molecule has 13 atom stereocenters. The fraction of sp³-hybridized carbons (Fsp3) is 0.917. The van der Waals surface area contributed by atoms with Gasteiger partial charge >= 0.3 is 6.09 Å². The topological polar surface area (TPSA) is 174 Å². The van der Waals surface area contributed by atoms with E-state index in [1.165, 1.54) is 51.4 Å². The summed E-state index contributed by atoms with van der Waals surface area (Å²) in [6.45, 7) is 17.9. The van der Waals surface area contributed by atoms with Crippen LogP contribution in [0.1, 0.15) is 138 Å². The highest BCUT2D eigenvalue weighted by Crippen LogP contribution is 2.67. The smallest absolute Gasteiger partial charge is 0.407 e. The number of amides is 2. The van der Waals surface area contributed by atoms with Crippen LogP contribution in [0.3, 0.4) is 0 Å². The van der Waals surface area contributed by atoms with Crippen molar-refractivity contribution >= 4 is 12.0 Å². The highest BCUT2D eigenvalue weighted by Gasteiger charge is 2.59. The maximum Gasteiger partial charge on any atom is 0.407 e. The lowest BCUT2D eigenvalue weighted by Crippen LogP contribution is -2.57. The summed E-state index contributed by atoms with van der Waals surface area (Å²) in [5.41, 5.74) is 2.29. The maximum atomic E-state index is 12.7. The molecular formula is C48H84N2O11. The average Bonchev–Trinajstić information content (AvgIpc) is 3.59. The molecule has 352 valence electrons. The number of ether oxygens (including phenoxy) is 6. The van der Waals surface area contributed by atoms with Crippen LogP contribution in [0.2, 0.25) is 0 Å². The zero-order valence-corrected chi connectivity index (χ0v) is 38.6. The lowest BCUT2D eigenvalue weighted by atomic mass is 9.47. The minimum absolute atomic E-state index is 0.0506. The van der Waals surface area contributed by atoms with E-state index in [1.54, 1.807) is 12.5 Å². The number of carbonyl (C=O) groups is 2. The second-order valence-corrected chi connectivity index (χ2v) is 20.0. The zero-order chi connectivity index (χ0) is 44.0. The van der Waals surface area contributed by atoms with Gasteiger partial charge in [0.2, 0.25) is 5.91 Å². The summed E-state index contributed by atoms with van der Waals surface area (Å²) in [5, 5.41) is 35.3. The summed E-state index contributed by atoms with van der Waals surface area (Å²) < 4.78 is 33.6. The summed E-state index contributed by atoms with van der Waals surface area (Å²) >= 11 is 0. The maximum absolute atomic E-state index is 12.7. The summed E-state index contributed by atoms with van der Waals surface area (Å²) in [7, 11) is 0. The predicted octanol–water partition coefficient (Wildman–Crippen LogP) is 6.69. The first-order valence-corrected chi connectivity index (χ1v) is 24.2. The summed E-state index contributed by atoms with van der Waals surface area (Å²) in [5.74, 6) is 4.86. The number of carbonyl (C=O) groups excluding carboxylic acids is 2. The Hall–Kier alpha value is -1.84. The Kier molecular flexibility index (Phi) is 20.1. The van der Waals surface area contributed by atoms with E-state index in [1.807, 2.05) is 0 Å². The van der Waals surface area contributed by atoms with Crippen LogP contribution in [-0.2, 0) is 33.2 Å². The zero-order valence-electron chi connectivity index (χ0n) is 38.6. The van der Waals surface area contributed by atoms with Crippen molar-refractivity contribution in [1.82, 2.24) is 10.6 Å². The lowest BCUT2D eigenvalue weighted by molar-refractivity contribution is -0.293. The van der Waals surface area contributed by atoms with E-state index < -0.39 is 30.7 Å². The third kappa shape index (κ3) is 13.8. The van der Waals surface area contributed by atoms with Gasteiger partial charge in [-0.25, -0.2) is 4.79 Å². The molecular weight excluding hydrogens is 781 g/mol. The van der Waals surface area contributed by atoms with E-state index in [0.29, 0.717) is 83.8 Å². The van der Waals surface area contributed by atoms with Crippen LogP contribution >= 0.6 is 0 Å². The quantitative estimate of drug-likeness (QED) is 0.0489. The van der Waals surface area contributed by atoms with Gasteiger partial charge in [0, 0.05) is 39.1 Å². The number of allylic oxidation sites excluding steroid dienone is 1. The normalized spacial score (nSPS) is 35.1. The van der Waals surface area contributed by atoms with Crippen molar-refractivity contribution in [3.63, 3.8) is 0 Å². The van der Waals surface area contributed by atoms with E-state index in [9.17, 15) is 24.9 Å². The van der Waals surface area contributed by atoms with E-state index in [-0.39, 0.29) is 30.1 Å². The fourth-order valence-corrected chi connectivity index (χ4v) is 11.9. The highest BCUT2D eigenvalue weighted by atomic mass is 16.7. The minimum Gasteiger partial charge on any atom is -0.446 e. The van der Waals surface area contributed by atoms with Crippen LogP contribution in [0.25, 0.3) is 0 Å². The first-order chi connectivity index (χ1) is 29.2. The molecule has 5 aliphatic rings. The summed E-state index contributed by atoms with van der Waals surface area (Å²) in [6, 6.07) is 0. The first-order valence-electron chi connectivity index (χ1n) is 24.2. The van der Waals surface area contributed by atoms with Crippen LogP contribution in [0.15, 0.2) is 11.6 Å². The van der Waals surface area contributed by atoms with E-state index in [2.05, 4.69) is 51.3 Å². The molecule has 1 aliphatic heterocycles. The van der Waals surface area contributed by atoms with Crippen LogP contribution in [-0.4, -0.2) is 123 Å². The van der Waals surface area contributed by atoms with Gasteiger partial charge in [-0.2, -0.15) is 0 Å². The van der Waals surface area contributed by atoms with E-state index >= 15 is 0 Å². The van der Waals surface area contributed by atoms with Gasteiger partial charge in [-0.05, 0) is 117 Å². The van der Waals surface area contributed by atoms with Crippen molar-refractivity contribution in [2.24, 2.45) is 46.3 Å². The third-order valence-electron chi connectivity index (χ3n) is 15.5. The number of hydrogen-bond acceptors (Lipinski definition) is 11. The first kappa shape index (κ1) is 50.2. The number of unbranched alkanes of at least 4 members (excludes halogenated alkanes) is 1. The average molecular weight is 865 g/mol. The Morgan fingerprint density at radius 3 is 2.28 bits per heavy atom. The molecule has 0 radical (unpaired) electrons. The van der Waals surface area contributed by atoms with E-state index in [0.717, 1.165) is 54.8 Å². The molecule has 13 heteroatoms. The summed E-state index contributed by atoms with van der Waals surface area (Å²) in [6.07, 6.45) is 12.8. The summed E-state index contributed by atoms with van der Waals surface area (Å²) in [4.78, 5) is 24.8.